The standard InChI is InChI=1S/C15H15ClN2O4S/c1-10(19)17-14-9-12(6-7-15(14)22-2)18-23(20,21)13-5-3-4-11(16)8-13/h3-9,18H,1-2H3,(H,17,19). The van der Waals surface area contributed by atoms with Crippen molar-refractivity contribution >= 4 is 38.9 Å². The van der Waals surface area contributed by atoms with Gasteiger partial charge in [-0.1, -0.05) is 17.7 Å². The second kappa shape index (κ2) is 6.89. The van der Waals surface area contributed by atoms with Gasteiger partial charge in [-0.3, -0.25) is 9.52 Å². The summed E-state index contributed by atoms with van der Waals surface area (Å²) in [5.41, 5.74) is 0.654. The van der Waals surface area contributed by atoms with Crippen LogP contribution in [0.25, 0.3) is 0 Å². The van der Waals surface area contributed by atoms with Crippen LogP contribution in [0.1, 0.15) is 6.92 Å². The normalized spacial score (nSPS) is 10.9. The lowest BCUT2D eigenvalue weighted by atomic mass is 10.2. The SMILES string of the molecule is COc1ccc(NS(=O)(=O)c2cccc(Cl)c2)cc1NC(C)=O. The number of anilines is 2. The van der Waals surface area contributed by atoms with Crippen LogP contribution in [0.2, 0.25) is 5.02 Å². The van der Waals surface area contributed by atoms with Gasteiger partial charge in [0.15, 0.2) is 0 Å². The van der Waals surface area contributed by atoms with Gasteiger partial charge in [0.2, 0.25) is 5.91 Å². The van der Waals surface area contributed by atoms with E-state index >= 15 is 0 Å². The minimum absolute atomic E-state index is 0.0434. The molecule has 0 aliphatic heterocycles. The lowest BCUT2D eigenvalue weighted by Crippen LogP contribution is -2.13. The Kier molecular flexibility index (Phi) is 5.12. The van der Waals surface area contributed by atoms with Gasteiger partial charge in [0.25, 0.3) is 10.0 Å². The van der Waals surface area contributed by atoms with E-state index < -0.39 is 10.0 Å². The molecule has 23 heavy (non-hydrogen) atoms. The first kappa shape index (κ1) is 17.1. The van der Waals surface area contributed by atoms with Gasteiger partial charge >= 0.3 is 0 Å². The van der Waals surface area contributed by atoms with Crippen LogP contribution in [0.5, 0.6) is 5.75 Å². The van der Waals surface area contributed by atoms with Gasteiger partial charge in [0, 0.05) is 11.9 Å². The van der Waals surface area contributed by atoms with Crippen molar-refractivity contribution in [3.05, 3.63) is 47.5 Å². The fraction of sp³-hybridized carbons (Fsp3) is 0.133. The van der Waals surface area contributed by atoms with Gasteiger partial charge < -0.3 is 10.1 Å². The molecule has 0 aliphatic rings. The Hall–Kier alpha value is -2.25. The summed E-state index contributed by atoms with van der Waals surface area (Å²) in [7, 11) is -2.33. The number of carbonyl (C=O) groups excluding carboxylic acids is 1. The van der Waals surface area contributed by atoms with Crippen molar-refractivity contribution in [3.63, 3.8) is 0 Å². The molecular formula is C15H15ClN2O4S. The quantitative estimate of drug-likeness (QED) is 0.864. The molecule has 0 bridgehead atoms. The molecule has 6 nitrogen and oxygen atoms in total. The predicted molar refractivity (Wildman–Crippen MR) is 89.6 cm³/mol. The van der Waals surface area contributed by atoms with Crippen LogP contribution in [-0.4, -0.2) is 21.4 Å². The molecule has 2 rings (SSSR count). The fourth-order valence-electron chi connectivity index (χ4n) is 1.91. The maximum atomic E-state index is 12.4. The number of carbonyl (C=O) groups is 1. The Balaban J connectivity index is 2.34. The van der Waals surface area contributed by atoms with Crippen molar-refractivity contribution in [2.75, 3.05) is 17.1 Å². The number of rotatable bonds is 5. The fourth-order valence-corrected chi connectivity index (χ4v) is 3.26. The number of sulfonamides is 1. The second-order valence-corrected chi connectivity index (χ2v) is 6.78. The van der Waals surface area contributed by atoms with Crippen LogP contribution in [0.3, 0.4) is 0 Å². The summed E-state index contributed by atoms with van der Waals surface area (Å²) < 4.78 is 32.3. The molecule has 0 saturated heterocycles. The number of amides is 1. The van der Waals surface area contributed by atoms with Crippen LogP contribution < -0.4 is 14.8 Å². The van der Waals surface area contributed by atoms with Crippen LogP contribution in [-0.2, 0) is 14.8 Å². The van der Waals surface area contributed by atoms with E-state index in [2.05, 4.69) is 10.0 Å². The molecule has 1 amide bonds. The molecule has 0 unspecified atom stereocenters. The average Bonchev–Trinajstić information content (AvgIpc) is 2.46. The maximum absolute atomic E-state index is 12.4. The highest BCUT2D eigenvalue weighted by molar-refractivity contribution is 7.92. The molecule has 0 spiro atoms. The van der Waals surface area contributed by atoms with Gasteiger partial charge in [-0.2, -0.15) is 0 Å². The largest absolute Gasteiger partial charge is 0.495 e. The van der Waals surface area contributed by atoms with E-state index in [1.54, 1.807) is 18.2 Å². The monoisotopic (exact) mass is 354 g/mol. The number of hydrogen-bond acceptors (Lipinski definition) is 4. The number of ether oxygens (including phenoxy) is 1. The molecule has 2 N–H and O–H groups in total. The third-order valence-corrected chi connectivity index (χ3v) is 4.48. The molecular weight excluding hydrogens is 340 g/mol. The summed E-state index contributed by atoms with van der Waals surface area (Å²) >= 11 is 5.82. The summed E-state index contributed by atoms with van der Waals surface area (Å²) in [4.78, 5) is 11.3. The number of hydrogen-bond donors (Lipinski definition) is 2. The number of benzene rings is 2. The summed E-state index contributed by atoms with van der Waals surface area (Å²) in [6.45, 7) is 1.35. The zero-order chi connectivity index (χ0) is 17.0. The Bertz CT molecular complexity index is 837. The molecule has 0 fully saturated rings. The van der Waals surface area contributed by atoms with Crippen LogP contribution in [0.4, 0.5) is 11.4 Å². The molecule has 0 atom stereocenters. The van der Waals surface area contributed by atoms with E-state index in [0.29, 0.717) is 16.5 Å². The summed E-state index contributed by atoms with van der Waals surface area (Å²) in [6, 6.07) is 10.5. The van der Waals surface area contributed by atoms with E-state index in [1.807, 2.05) is 0 Å². The second-order valence-electron chi connectivity index (χ2n) is 4.66. The molecule has 122 valence electrons. The van der Waals surface area contributed by atoms with E-state index in [4.69, 9.17) is 16.3 Å². The number of halogens is 1. The summed E-state index contributed by atoms with van der Waals surface area (Å²) in [5, 5.41) is 2.90. The molecule has 0 saturated carbocycles. The number of methoxy groups -OCH3 is 1. The Morgan fingerprint density at radius 3 is 2.52 bits per heavy atom. The Morgan fingerprint density at radius 1 is 1.17 bits per heavy atom. The first-order valence-corrected chi connectivity index (χ1v) is 8.42. The van der Waals surface area contributed by atoms with Crippen molar-refractivity contribution in [1.29, 1.82) is 0 Å². The maximum Gasteiger partial charge on any atom is 0.261 e. The molecule has 0 heterocycles. The van der Waals surface area contributed by atoms with Crippen molar-refractivity contribution in [1.82, 2.24) is 0 Å². The third-order valence-electron chi connectivity index (χ3n) is 2.87. The number of nitrogens with one attached hydrogen (secondary N) is 2. The van der Waals surface area contributed by atoms with Gasteiger partial charge in [0.1, 0.15) is 5.75 Å². The smallest absolute Gasteiger partial charge is 0.261 e. The molecule has 2 aromatic rings. The highest BCUT2D eigenvalue weighted by Gasteiger charge is 2.16. The van der Waals surface area contributed by atoms with Crippen molar-refractivity contribution in [2.24, 2.45) is 0 Å². The molecule has 0 aliphatic carbocycles. The minimum Gasteiger partial charge on any atom is -0.495 e. The van der Waals surface area contributed by atoms with Gasteiger partial charge in [-0.25, -0.2) is 8.42 Å². The summed E-state index contributed by atoms with van der Waals surface area (Å²) in [5.74, 6) is 0.129. The first-order valence-electron chi connectivity index (χ1n) is 6.56. The minimum atomic E-state index is -3.79. The van der Waals surface area contributed by atoms with Crippen molar-refractivity contribution < 1.29 is 17.9 Å². The van der Waals surface area contributed by atoms with E-state index in [1.165, 1.54) is 38.3 Å². The Morgan fingerprint density at radius 2 is 1.91 bits per heavy atom. The lowest BCUT2D eigenvalue weighted by molar-refractivity contribution is -0.114. The van der Waals surface area contributed by atoms with Crippen molar-refractivity contribution in [3.8, 4) is 5.75 Å². The van der Waals surface area contributed by atoms with Crippen LogP contribution in [0, 0.1) is 0 Å². The molecule has 8 heteroatoms. The van der Waals surface area contributed by atoms with Gasteiger partial charge in [-0.05, 0) is 36.4 Å². The van der Waals surface area contributed by atoms with Crippen LogP contribution >= 0.6 is 11.6 Å². The molecule has 2 aromatic carbocycles. The zero-order valence-corrected chi connectivity index (χ0v) is 14.0. The average molecular weight is 355 g/mol. The summed E-state index contributed by atoms with van der Waals surface area (Å²) in [6.07, 6.45) is 0. The third kappa shape index (κ3) is 4.37. The zero-order valence-electron chi connectivity index (χ0n) is 12.5. The van der Waals surface area contributed by atoms with E-state index in [9.17, 15) is 13.2 Å². The first-order chi connectivity index (χ1) is 10.8. The predicted octanol–water partition coefficient (Wildman–Crippen LogP) is 3.11. The lowest BCUT2D eigenvalue weighted by Gasteiger charge is -2.13. The van der Waals surface area contributed by atoms with Gasteiger partial charge in [-0.15, -0.1) is 0 Å². The van der Waals surface area contributed by atoms with E-state index in [0.717, 1.165) is 0 Å². The Labute approximate surface area is 139 Å². The van der Waals surface area contributed by atoms with Gasteiger partial charge in [0.05, 0.1) is 23.4 Å². The highest BCUT2D eigenvalue weighted by atomic mass is 35.5. The molecule has 0 radical (unpaired) electrons. The van der Waals surface area contributed by atoms with E-state index in [-0.39, 0.29) is 16.5 Å². The van der Waals surface area contributed by atoms with Crippen molar-refractivity contribution in [2.45, 2.75) is 11.8 Å². The van der Waals surface area contributed by atoms with Crippen LogP contribution in [0.15, 0.2) is 47.4 Å². The highest BCUT2D eigenvalue weighted by Crippen LogP contribution is 2.29. The molecule has 0 aromatic heterocycles. The topological polar surface area (TPSA) is 84.5 Å².